The van der Waals surface area contributed by atoms with Gasteiger partial charge >= 0.3 is 0 Å². The third kappa shape index (κ3) is 2.27. The molecule has 6 heteroatoms. The summed E-state index contributed by atoms with van der Waals surface area (Å²) in [5.41, 5.74) is 6.61. The van der Waals surface area contributed by atoms with Gasteiger partial charge < -0.3 is 11.1 Å². The largest absolute Gasteiger partial charge is 0.370 e. The molecule has 86 valence electrons. The molecule has 0 aliphatic carbocycles. The van der Waals surface area contributed by atoms with Crippen LogP contribution in [0.3, 0.4) is 0 Å². The Balaban J connectivity index is 2.19. The molecule has 2 aromatic rings. The van der Waals surface area contributed by atoms with Crippen LogP contribution in [0, 0.1) is 6.92 Å². The first-order chi connectivity index (χ1) is 7.66. The fourth-order valence-electron chi connectivity index (χ4n) is 1.48. The number of nitrogens with zero attached hydrogens (tertiary/aromatic N) is 4. The highest BCUT2D eigenvalue weighted by molar-refractivity contribution is 5.44. The molecule has 1 atom stereocenters. The summed E-state index contributed by atoms with van der Waals surface area (Å²) in [6.45, 7) is 4.74. The number of anilines is 1. The lowest BCUT2D eigenvalue weighted by Crippen LogP contribution is -2.20. The molecule has 2 rings (SSSR count). The second-order valence-electron chi connectivity index (χ2n) is 3.95. The SMILES string of the molecule is Cc1cc(NCCC(C)N)n2ncnc2n1. The van der Waals surface area contributed by atoms with Gasteiger partial charge in [-0.1, -0.05) is 0 Å². The summed E-state index contributed by atoms with van der Waals surface area (Å²) in [4.78, 5) is 8.32. The molecule has 0 bridgehead atoms. The first-order valence-electron chi connectivity index (χ1n) is 5.33. The van der Waals surface area contributed by atoms with E-state index in [-0.39, 0.29) is 6.04 Å². The second-order valence-corrected chi connectivity index (χ2v) is 3.95. The molecule has 0 aliphatic rings. The molecular weight excluding hydrogens is 204 g/mol. The molecule has 0 aromatic carbocycles. The topological polar surface area (TPSA) is 81.1 Å². The van der Waals surface area contributed by atoms with E-state index in [9.17, 15) is 0 Å². The molecule has 2 heterocycles. The summed E-state index contributed by atoms with van der Waals surface area (Å²) in [5.74, 6) is 1.52. The molecule has 2 aromatic heterocycles. The van der Waals surface area contributed by atoms with Crippen molar-refractivity contribution in [1.82, 2.24) is 19.6 Å². The first kappa shape index (κ1) is 10.8. The Kier molecular flexibility index (Phi) is 3.00. The Morgan fingerprint density at radius 1 is 1.56 bits per heavy atom. The van der Waals surface area contributed by atoms with Crippen molar-refractivity contribution in [3.63, 3.8) is 0 Å². The van der Waals surface area contributed by atoms with Gasteiger partial charge in [-0.3, -0.25) is 0 Å². The van der Waals surface area contributed by atoms with Gasteiger partial charge in [0.25, 0.3) is 5.78 Å². The second kappa shape index (κ2) is 4.44. The maximum atomic E-state index is 5.69. The number of aromatic nitrogens is 4. The van der Waals surface area contributed by atoms with Gasteiger partial charge in [-0.25, -0.2) is 4.98 Å². The van der Waals surface area contributed by atoms with Gasteiger partial charge in [0.05, 0.1) is 0 Å². The molecule has 0 aliphatic heterocycles. The standard InChI is InChI=1S/C10H16N6/c1-7(11)3-4-12-9-5-8(2)15-10-13-6-14-16(9)10/h5-7,12H,3-4,11H2,1-2H3. The zero-order valence-electron chi connectivity index (χ0n) is 9.51. The van der Waals surface area contributed by atoms with Crippen molar-refractivity contribution in [3.05, 3.63) is 18.1 Å². The number of fused-ring (bicyclic) bond motifs is 1. The normalized spacial score (nSPS) is 12.9. The van der Waals surface area contributed by atoms with Crippen LogP contribution in [0.15, 0.2) is 12.4 Å². The van der Waals surface area contributed by atoms with Crippen molar-refractivity contribution < 1.29 is 0 Å². The highest BCUT2D eigenvalue weighted by Gasteiger charge is 2.04. The van der Waals surface area contributed by atoms with E-state index in [1.807, 2.05) is 19.9 Å². The van der Waals surface area contributed by atoms with Crippen LogP contribution < -0.4 is 11.1 Å². The van der Waals surface area contributed by atoms with Gasteiger partial charge in [0.2, 0.25) is 0 Å². The molecule has 0 radical (unpaired) electrons. The van der Waals surface area contributed by atoms with Crippen LogP contribution in [0.2, 0.25) is 0 Å². The molecule has 0 saturated heterocycles. The van der Waals surface area contributed by atoms with E-state index in [1.54, 1.807) is 4.52 Å². The van der Waals surface area contributed by atoms with E-state index in [0.717, 1.165) is 24.5 Å². The molecular formula is C10H16N6. The summed E-state index contributed by atoms with van der Waals surface area (Å²) >= 11 is 0. The highest BCUT2D eigenvalue weighted by Crippen LogP contribution is 2.09. The zero-order chi connectivity index (χ0) is 11.5. The van der Waals surface area contributed by atoms with Gasteiger partial charge in [-0.05, 0) is 20.3 Å². The molecule has 6 nitrogen and oxygen atoms in total. The van der Waals surface area contributed by atoms with E-state index in [1.165, 1.54) is 6.33 Å². The number of rotatable bonds is 4. The van der Waals surface area contributed by atoms with Crippen LogP contribution in [0.4, 0.5) is 5.82 Å². The van der Waals surface area contributed by atoms with Crippen molar-refractivity contribution in [3.8, 4) is 0 Å². The van der Waals surface area contributed by atoms with Crippen LogP contribution >= 0.6 is 0 Å². The van der Waals surface area contributed by atoms with Crippen molar-refractivity contribution in [1.29, 1.82) is 0 Å². The Morgan fingerprint density at radius 3 is 3.12 bits per heavy atom. The van der Waals surface area contributed by atoms with Gasteiger partial charge in [-0.2, -0.15) is 14.6 Å². The highest BCUT2D eigenvalue weighted by atomic mass is 15.3. The third-order valence-electron chi connectivity index (χ3n) is 2.29. The maximum absolute atomic E-state index is 5.69. The lowest BCUT2D eigenvalue weighted by molar-refractivity contribution is 0.687. The van der Waals surface area contributed by atoms with E-state index in [0.29, 0.717) is 5.78 Å². The third-order valence-corrected chi connectivity index (χ3v) is 2.29. The molecule has 16 heavy (non-hydrogen) atoms. The average Bonchev–Trinajstić information content (AvgIpc) is 2.64. The minimum atomic E-state index is 0.196. The minimum Gasteiger partial charge on any atom is -0.370 e. The molecule has 0 saturated carbocycles. The monoisotopic (exact) mass is 220 g/mol. The predicted octanol–water partition coefficient (Wildman–Crippen LogP) is 0.582. The number of aryl methyl sites for hydroxylation is 1. The van der Waals surface area contributed by atoms with Crippen LogP contribution in [0.5, 0.6) is 0 Å². The zero-order valence-corrected chi connectivity index (χ0v) is 9.51. The first-order valence-corrected chi connectivity index (χ1v) is 5.33. The van der Waals surface area contributed by atoms with E-state index >= 15 is 0 Å². The van der Waals surface area contributed by atoms with Crippen LogP contribution in [0.1, 0.15) is 19.0 Å². The van der Waals surface area contributed by atoms with Crippen LogP contribution in [-0.4, -0.2) is 32.2 Å². The van der Waals surface area contributed by atoms with Gasteiger partial charge in [0, 0.05) is 24.3 Å². The van der Waals surface area contributed by atoms with Crippen molar-refractivity contribution in [2.75, 3.05) is 11.9 Å². The Morgan fingerprint density at radius 2 is 2.38 bits per heavy atom. The molecule has 0 amide bonds. The fraction of sp³-hybridized carbons (Fsp3) is 0.500. The van der Waals surface area contributed by atoms with Crippen LogP contribution in [-0.2, 0) is 0 Å². The Labute approximate surface area is 93.9 Å². The quantitative estimate of drug-likeness (QED) is 0.787. The predicted molar refractivity (Wildman–Crippen MR) is 62.3 cm³/mol. The summed E-state index contributed by atoms with van der Waals surface area (Å²) < 4.78 is 1.69. The smallest absolute Gasteiger partial charge is 0.254 e. The molecule has 0 spiro atoms. The van der Waals surface area contributed by atoms with E-state index in [2.05, 4.69) is 20.4 Å². The summed E-state index contributed by atoms with van der Waals surface area (Å²) in [6.07, 6.45) is 2.41. The minimum absolute atomic E-state index is 0.196. The Bertz CT molecular complexity index is 475. The van der Waals surface area contributed by atoms with Gasteiger partial charge in [0.1, 0.15) is 12.1 Å². The number of hydrogen-bond donors (Lipinski definition) is 2. The van der Waals surface area contributed by atoms with Crippen molar-refractivity contribution >= 4 is 11.6 Å². The van der Waals surface area contributed by atoms with Crippen LogP contribution in [0.25, 0.3) is 5.78 Å². The van der Waals surface area contributed by atoms with Crippen molar-refractivity contribution in [2.45, 2.75) is 26.3 Å². The summed E-state index contributed by atoms with van der Waals surface area (Å²) in [6, 6.07) is 2.14. The lowest BCUT2D eigenvalue weighted by Gasteiger charge is -2.09. The Hall–Kier alpha value is -1.69. The average molecular weight is 220 g/mol. The lowest BCUT2D eigenvalue weighted by atomic mass is 10.2. The van der Waals surface area contributed by atoms with Crippen molar-refractivity contribution in [2.24, 2.45) is 5.73 Å². The van der Waals surface area contributed by atoms with E-state index < -0.39 is 0 Å². The number of hydrogen-bond acceptors (Lipinski definition) is 5. The molecule has 0 fully saturated rings. The molecule has 1 unspecified atom stereocenters. The summed E-state index contributed by atoms with van der Waals surface area (Å²) in [5, 5.41) is 7.39. The fourth-order valence-corrected chi connectivity index (χ4v) is 1.48. The van der Waals surface area contributed by atoms with Gasteiger partial charge in [0.15, 0.2) is 0 Å². The maximum Gasteiger partial charge on any atom is 0.254 e. The van der Waals surface area contributed by atoms with E-state index in [4.69, 9.17) is 5.73 Å². The number of nitrogens with two attached hydrogens (primary N) is 1. The summed E-state index contributed by atoms with van der Waals surface area (Å²) in [7, 11) is 0. The number of nitrogens with one attached hydrogen (secondary N) is 1. The van der Waals surface area contributed by atoms with Gasteiger partial charge in [-0.15, -0.1) is 0 Å². The molecule has 3 N–H and O–H groups in total.